The van der Waals surface area contributed by atoms with E-state index in [-0.39, 0.29) is 11.8 Å². The Labute approximate surface area is 165 Å². The Balaban J connectivity index is 1.67. The Morgan fingerprint density at radius 3 is 2.56 bits per heavy atom. The number of benzene rings is 1. The van der Waals surface area contributed by atoms with E-state index in [0.29, 0.717) is 31.5 Å². The molecular formula is C21H29N3O2S. The average molecular weight is 388 g/mol. The fourth-order valence-electron chi connectivity index (χ4n) is 2.78. The van der Waals surface area contributed by atoms with E-state index in [9.17, 15) is 9.59 Å². The van der Waals surface area contributed by atoms with Gasteiger partial charge in [-0.2, -0.15) is 11.3 Å². The zero-order chi connectivity index (χ0) is 19.5. The van der Waals surface area contributed by atoms with E-state index in [0.717, 1.165) is 25.2 Å². The van der Waals surface area contributed by atoms with Crippen molar-refractivity contribution in [1.82, 2.24) is 15.5 Å². The average Bonchev–Trinajstić information content (AvgIpc) is 3.23. The Bertz CT molecular complexity index is 712. The van der Waals surface area contributed by atoms with Gasteiger partial charge in [0.1, 0.15) is 0 Å². The number of rotatable bonds is 11. The molecule has 1 heterocycles. The lowest BCUT2D eigenvalue weighted by Gasteiger charge is -2.18. The highest BCUT2D eigenvalue weighted by Crippen LogP contribution is 2.09. The van der Waals surface area contributed by atoms with Crippen LogP contribution < -0.4 is 10.6 Å². The van der Waals surface area contributed by atoms with Gasteiger partial charge in [-0.25, -0.2) is 0 Å². The summed E-state index contributed by atoms with van der Waals surface area (Å²) in [5.41, 5.74) is 3.05. The summed E-state index contributed by atoms with van der Waals surface area (Å²) in [6, 6.07) is 10.1. The van der Waals surface area contributed by atoms with Gasteiger partial charge in [-0.15, -0.1) is 0 Å². The van der Waals surface area contributed by atoms with Gasteiger partial charge in [0, 0.05) is 37.0 Å². The molecule has 0 atom stereocenters. The van der Waals surface area contributed by atoms with Crippen molar-refractivity contribution >= 4 is 23.2 Å². The van der Waals surface area contributed by atoms with E-state index in [1.807, 2.05) is 22.9 Å². The number of hydrogen-bond acceptors (Lipinski definition) is 4. The van der Waals surface area contributed by atoms with Crippen molar-refractivity contribution in [2.75, 3.05) is 19.6 Å². The molecular weight excluding hydrogens is 358 g/mol. The molecule has 0 aliphatic rings. The quantitative estimate of drug-likeness (QED) is 0.581. The molecule has 0 aliphatic heterocycles. The van der Waals surface area contributed by atoms with Crippen molar-refractivity contribution in [3.05, 3.63) is 57.8 Å². The molecule has 0 radical (unpaired) electrons. The Kier molecular flexibility index (Phi) is 9.01. The zero-order valence-electron chi connectivity index (χ0n) is 16.2. The minimum atomic E-state index is -0.0818. The molecule has 0 saturated carbocycles. The van der Waals surface area contributed by atoms with Gasteiger partial charge in [-0.3, -0.25) is 14.5 Å². The SMILES string of the molecule is CCN(CC)Cc1cccc(CNC(=O)CCCNC(=O)c2ccsc2)c1. The molecule has 0 bridgehead atoms. The highest BCUT2D eigenvalue weighted by atomic mass is 32.1. The number of carbonyl (C=O) groups excluding carboxylic acids is 2. The lowest BCUT2D eigenvalue weighted by atomic mass is 10.1. The predicted octanol–water partition coefficient (Wildman–Crippen LogP) is 3.42. The molecule has 2 aromatic rings. The van der Waals surface area contributed by atoms with Crippen LogP contribution in [0.5, 0.6) is 0 Å². The molecule has 0 saturated heterocycles. The van der Waals surface area contributed by atoms with Gasteiger partial charge in [0.25, 0.3) is 5.91 Å². The maximum absolute atomic E-state index is 12.0. The van der Waals surface area contributed by atoms with Crippen LogP contribution in [-0.2, 0) is 17.9 Å². The predicted molar refractivity (Wildman–Crippen MR) is 111 cm³/mol. The minimum absolute atomic E-state index is 0.00827. The first-order valence-electron chi connectivity index (χ1n) is 9.49. The topological polar surface area (TPSA) is 61.4 Å². The monoisotopic (exact) mass is 387 g/mol. The summed E-state index contributed by atoms with van der Waals surface area (Å²) in [6.45, 7) is 8.35. The van der Waals surface area contributed by atoms with Crippen molar-refractivity contribution in [3.63, 3.8) is 0 Å². The van der Waals surface area contributed by atoms with Crippen LogP contribution in [0.1, 0.15) is 48.2 Å². The molecule has 0 aliphatic carbocycles. The molecule has 2 rings (SSSR count). The maximum Gasteiger partial charge on any atom is 0.252 e. The summed E-state index contributed by atoms with van der Waals surface area (Å²) in [5.74, 6) is -0.0735. The van der Waals surface area contributed by atoms with Gasteiger partial charge in [0.05, 0.1) is 0 Å². The second-order valence-corrected chi connectivity index (χ2v) is 7.21. The van der Waals surface area contributed by atoms with Gasteiger partial charge in [-0.05, 0) is 42.1 Å². The van der Waals surface area contributed by atoms with E-state index >= 15 is 0 Å². The van der Waals surface area contributed by atoms with Crippen LogP contribution in [0.4, 0.5) is 0 Å². The fourth-order valence-corrected chi connectivity index (χ4v) is 3.41. The van der Waals surface area contributed by atoms with E-state index in [1.54, 1.807) is 6.07 Å². The molecule has 5 nitrogen and oxygen atoms in total. The molecule has 1 aromatic heterocycles. The van der Waals surface area contributed by atoms with E-state index < -0.39 is 0 Å². The normalized spacial score (nSPS) is 10.8. The first-order valence-corrected chi connectivity index (χ1v) is 10.4. The van der Waals surface area contributed by atoms with Gasteiger partial charge in [-0.1, -0.05) is 38.1 Å². The van der Waals surface area contributed by atoms with Crippen molar-refractivity contribution in [2.24, 2.45) is 0 Å². The van der Waals surface area contributed by atoms with Gasteiger partial charge in [0.2, 0.25) is 5.91 Å². The Morgan fingerprint density at radius 1 is 1.07 bits per heavy atom. The van der Waals surface area contributed by atoms with Crippen LogP contribution in [0, 0.1) is 0 Å². The van der Waals surface area contributed by atoms with Gasteiger partial charge in [0.15, 0.2) is 0 Å². The molecule has 27 heavy (non-hydrogen) atoms. The van der Waals surface area contributed by atoms with Gasteiger partial charge < -0.3 is 10.6 Å². The lowest BCUT2D eigenvalue weighted by Crippen LogP contribution is -2.27. The van der Waals surface area contributed by atoms with Crippen molar-refractivity contribution < 1.29 is 9.59 Å². The van der Waals surface area contributed by atoms with E-state index in [4.69, 9.17) is 0 Å². The summed E-state index contributed by atoms with van der Waals surface area (Å²) >= 11 is 1.50. The highest BCUT2D eigenvalue weighted by Gasteiger charge is 2.07. The van der Waals surface area contributed by atoms with E-state index in [2.05, 4.69) is 41.5 Å². The molecule has 6 heteroatoms. The van der Waals surface area contributed by atoms with Crippen molar-refractivity contribution in [1.29, 1.82) is 0 Å². The number of amides is 2. The second-order valence-electron chi connectivity index (χ2n) is 6.43. The van der Waals surface area contributed by atoms with Crippen LogP contribution in [0.3, 0.4) is 0 Å². The van der Waals surface area contributed by atoms with Crippen LogP contribution in [0.2, 0.25) is 0 Å². The maximum atomic E-state index is 12.0. The summed E-state index contributed by atoms with van der Waals surface area (Å²) in [6.07, 6.45) is 1.03. The fraction of sp³-hybridized carbons (Fsp3) is 0.429. The third-order valence-corrected chi connectivity index (χ3v) is 5.11. The Hall–Kier alpha value is -2.18. The lowest BCUT2D eigenvalue weighted by molar-refractivity contribution is -0.121. The Morgan fingerprint density at radius 2 is 1.85 bits per heavy atom. The third-order valence-electron chi connectivity index (χ3n) is 4.43. The summed E-state index contributed by atoms with van der Waals surface area (Å²) in [7, 11) is 0. The molecule has 146 valence electrons. The summed E-state index contributed by atoms with van der Waals surface area (Å²) in [4.78, 5) is 26.2. The number of thiophene rings is 1. The van der Waals surface area contributed by atoms with Crippen LogP contribution in [0.15, 0.2) is 41.1 Å². The van der Waals surface area contributed by atoms with Crippen LogP contribution in [-0.4, -0.2) is 36.3 Å². The highest BCUT2D eigenvalue weighted by molar-refractivity contribution is 7.08. The summed E-state index contributed by atoms with van der Waals surface area (Å²) < 4.78 is 0. The number of nitrogens with zero attached hydrogens (tertiary/aromatic N) is 1. The molecule has 1 aromatic carbocycles. The minimum Gasteiger partial charge on any atom is -0.352 e. The number of carbonyl (C=O) groups is 2. The standard InChI is InChI=1S/C21H29N3O2S/c1-3-24(4-2)15-18-8-5-7-17(13-18)14-23-20(25)9-6-11-22-21(26)19-10-12-27-16-19/h5,7-8,10,12-13,16H,3-4,6,9,11,14-15H2,1-2H3,(H,22,26)(H,23,25). The first kappa shape index (κ1) is 21.1. The van der Waals surface area contributed by atoms with Crippen molar-refractivity contribution in [2.45, 2.75) is 39.8 Å². The smallest absolute Gasteiger partial charge is 0.252 e. The third kappa shape index (κ3) is 7.53. The van der Waals surface area contributed by atoms with E-state index in [1.165, 1.54) is 16.9 Å². The van der Waals surface area contributed by atoms with Gasteiger partial charge >= 0.3 is 0 Å². The second kappa shape index (κ2) is 11.5. The van der Waals surface area contributed by atoms with Crippen molar-refractivity contribution in [3.8, 4) is 0 Å². The molecule has 2 N–H and O–H groups in total. The summed E-state index contributed by atoms with van der Waals surface area (Å²) in [5, 5.41) is 9.48. The molecule has 2 amide bonds. The molecule has 0 spiro atoms. The van der Waals surface area contributed by atoms with Crippen LogP contribution >= 0.6 is 11.3 Å². The zero-order valence-corrected chi connectivity index (χ0v) is 17.0. The largest absolute Gasteiger partial charge is 0.352 e. The molecule has 0 fully saturated rings. The molecule has 0 unspecified atom stereocenters. The number of hydrogen-bond donors (Lipinski definition) is 2. The number of nitrogens with one attached hydrogen (secondary N) is 2. The van der Waals surface area contributed by atoms with Crippen LogP contribution in [0.25, 0.3) is 0 Å². The first-order chi connectivity index (χ1) is 13.1.